The Bertz CT molecular complexity index is 612. The van der Waals surface area contributed by atoms with Gasteiger partial charge in [-0.15, -0.1) is 0 Å². The first-order chi connectivity index (χ1) is 14.5. The van der Waals surface area contributed by atoms with Crippen LogP contribution in [0.15, 0.2) is 6.07 Å². The highest BCUT2D eigenvalue weighted by molar-refractivity contribution is 5.66. The average Bonchev–Trinajstić information content (AvgIpc) is 2.72. The molecule has 1 aromatic carbocycles. The van der Waals surface area contributed by atoms with Crippen LogP contribution in [0.3, 0.4) is 0 Å². The molecular weight excluding hydrogens is 380 g/mol. The van der Waals surface area contributed by atoms with E-state index in [9.17, 15) is 9.90 Å². The Kier molecular flexibility index (Phi) is 13.8. The van der Waals surface area contributed by atoms with Crippen molar-refractivity contribution in [3.05, 3.63) is 17.2 Å². The first-order valence-electron chi connectivity index (χ1n) is 12.0. The summed E-state index contributed by atoms with van der Waals surface area (Å²) in [7, 11) is 0. The van der Waals surface area contributed by atoms with Crippen LogP contribution in [0.25, 0.3) is 0 Å². The molecule has 0 aliphatic heterocycles. The molecular formula is C25H42O5. The van der Waals surface area contributed by atoms with Crippen molar-refractivity contribution in [1.29, 1.82) is 0 Å². The molecule has 0 amide bonds. The van der Waals surface area contributed by atoms with Gasteiger partial charge in [0.2, 0.25) is 5.75 Å². The van der Waals surface area contributed by atoms with Crippen molar-refractivity contribution in [2.24, 2.45) is 0 Å². The molecule has 0 fully saturated rings. The van der Waals surface area contributed by atoms with Gasteiger partial charge < -0.3 is 19.7 Å². The summed E-state index contributed by atoms with van der Waals surface area (Å²) in [5.41, 5.74) is 2.06. The number of ether oxygens (including phenoxy) is 2. The van der Waals surface area contributed by atoms with Crippen molar-refractivity contribution >= 4 is 6.16 Å². The van der Waals surface area contributed by atoms with Crippen LogP contribution in [0, 0.1) is 0 Å². The van der Waals surface area contributed by atoms with Crippen LogP contribution in [0.1, 0.15) is 109 Å². The van der Waals surface area contributed by atoms with Crippen LogP contribution in [0.5, 0.6) is 17.2 Å². The lowest BCUT2D eigenvalue weighted by Gasteiger charge is -2.19. The van der Waals surface area contributed by atoms with Crippen LogP contribution in [0.2, 0.25) is 0 Å². The maximum atomic E-state index is 11.1. The van der Waals surface area contributed by atoms with Crippen molar-refractivity contribution in [3.63, 3.8) is 0 Å². The van der Waals surface area contributed by atoms with E-state index >= 15 is 0 Å². The lowest BCUT2D eigenvalue weighted by molar-refractivity contribution is 0.142. The Morgan fingerprint density at radius 3 is 1.97 bits per heavy atom. The first kappa shape index (κ1) is 26.1. The smallest absolute Gasteiger partial charge is 0.502 e. The molecule has 0 aliphatic rings. The molecule has 0 unspecified atom stereocenters. The molecule has 0 radical (unpaired) electrons. The van der Waals surface area contributed by atoms with Gasteiger partial charge >= 0.3 is 6.16 Å². The van der Waals surface area contributed by atoms with E-state index in [0.29, 0.717) is 12.4 Å². The summed E-state index contributed by atoms with van der Waals surface area (Å²) < 4.78 is 10.9. The number of aryl methyl sites for hydroxylation is 1. The van der Waals surface area contributed by atoms with Crippen molar-refractivity contribution in [3.8, 4) is 17.2 Å². The van der Waals surface area contributed by atoms with E-state index in [1.54, 1.807) is 6.07 Å². The lowest BCUT2D eigenvalue weighted by Crippen LogP contribution is -2.08. The van der Waals surface area contributed by atoms with E-state index in [1.165, 1.54) is 25.7 Å². The van der Waals surface area contributed by atoms with Crippen LogP contribution in [-0.4, -0.2) is 23.0 Å². The van der Waals surface area contributed by atoms with Gasteiger partial charge in [-0.1, -0.05) is 78.6 Å². The lowest BCUT2D eigenvalue weighted by atomic mass is 9.94. The Hall–Kier alpha value is -1.91. The largest absolute Gasteiger partial charge is 0.511 e. The minimum Gasteiger partial charge on any atom is -0.502 e. The summed E-state index contributed by atoms with van der Waals surface area (Å²) in [6.45, 7) is 7.05. The van der Waals surface area contributed by atoms with Gasteiger partial charge in [-0.25, -0.2) is 4.79 Å². The van der Waals surface area contributed by atoms with Gasteiger partial charge in [0.15, 0.2) is 11.5 Å². The summed E-state index contributed by atoms with van der Waals surface area (Å²) in [6.07, 6.45) is 13.6. The maximum Gasteiger partial charge on any atom is 0.511 e. The number of phenolic OH excluding ortho intramolecular Hbond substituents is 1. The molecule has 5 heteroatoms. The van der Waals surface area contributed by atoms with Crippen LogP contribution >= 0.6 is 0 Å². The minimum absolute atomic E-state index is 0.0196. The SMILES string of the molecule is CCCCCCOc1c(O)c(OC(=O)O)cc(CCCCCC)c1CCCCCC. The fraction of sp³-hybridized carbons (Fsp3) is 0.720. The molecule has 0 aliphatic carbocycles. The minimum atomic E-state index is -1.42. The van der Waals surface area contributed by atoms with Gasteiger partial charge in [0, 0.05) is 5.56 Å². The normalized spacial score (nSPS) is 10.9. The summed E-state index contributed by atoms with van der Waals surface area (Å²) in [6, 6.07) is 1.70. The number of hydrogen-bond donors (Lipinski definition) is 2. The summed E-state index contributed by atoms with van der Waals surface area (Å²) >= 11 is 0. The van der Waals surface area contributed by atoms with E-state index < -0.39 is 6.16 Å². The number of rotatable bonds is 17. The van der Waals surface area contributed by atoms with Crippen molar-refractivity contribution in [2.75, 3.05) is 6.61 Å². The van der Waals surface area contributed by atoms with E-state index in [-0.39, 0.29) is 11.5 Å². The van der Waals surface area contributed by atoms with Gasteiger partial charge in [-0.2, -0.15) is 0 Å². The third-order valence-corrected chi connectivity index (χ3v) is 5.44. The Morgan fingerprint density at radius 1 is 0.833 bits per heavy atom. The average molecular weight is 423 g/mol. The molecule has 5 nitrogen and oxygen atoms in total. The molecule has 0 aromatic heterocycles. The molecule has 0 saturated heterocycles. The number of carboxylic acid groups (broad SMARTS) is 1. The first-order valence-corrected chi connectivity index (χ1v) is 12.0. The summed E-state index contributed by atoms with van der Waals surface area (Å²) in [5, 5.41) is 19.8. The van der Waals surface area contributed by atoms with Gasteiger partial charge in [-0.3, -0.25) is 0 Å². The number of unbranched alkanes of at least 4 members (excludes halogenated alkanes) is 9. The molecule has 1 aromatic rings. The van der Waals surface area contributed by atoms with Crippen molar-refractivity contribution in [1.82, 2.24) is 0 Å². The highest BCUT2D eigenvalue weighted by atomic mass is 16.7. The standard InChI is InChI=1S/C25H42O5/c1-4-7-10-13-16-20-19-22(30-25(27)28)23(26)24(29-18-15-12-9-6-3)21(20)17-14-11-8-5-2/h19,26H,4-18H2,1-3H3,(H,27,28). The van der Waals surface area contributed by atoms with Crippen molar-refractivity contribution < 1.29 is 24.5 Å². The van der Waals surface area contributed by atoms with E-state index in [0.717, 1.165) is 75.3 Å². The molecule has 172 valence electrons. The number of benzene rings is 1. The second kappa shape index (κ2) is 15.9. The Labute approximate surface area is 182 Å². The molecule has 1 rings (SSSR count). The molecule has 0 saturated carbocycles. The van der Waals surface area contributed by atoms with Gasteiger partial charge in [-0.05, 0) is 43.7 Å². The van der Waals surface area contributed by atoms with E-state index in [4.69, 9.17) is 14.6 Å². The fourth-order valence-corrected chi connectivity index (χ4v) is 3.71. The molecule has 0 atom stereocenters. The van der Waals surface area contributed by atoms with Gasteiger partial charge in [0.25, 0.3) is 0 Å². The highest BCUT2D eigenvalue weighted by Gasteiger charge is 2.21. The summed E-state index contributed by atoms with van der Waals surface area (Å²) in [4.78, 5) is 11.1. The molecule has 0 spiro atoms. The zero-order valence-corrected chi connectivity index (χ0v) is 19.3. The van der Waals surface area contributed by atoms with E-state index in [1.807, 2.05) is 0 Å². The third kappa shape index (κ3) is 9.73. The molecule has 0 bridgehead atoms. The zero-order valence-electron chi connectivity index (χ0n) is 19.3. The second-order valence-electron chi connectivity index (χ2n) is 8.09. The number of aromatic hydroxyl groups is 1. The fourth-order valence-electron chi connectivity index (χ4n) is 3.71. The number of carbonyl (C=O) groups is 1. The predicted molar refractivity (Wildman–Crippen MR) is 122 cm³/mol. The third-order valence-electron chi connectivity index (χ3n) is 5.44. The summed E-state index contributed by atoms with van der Waals surface area (Å²) in [5.74, 6) is 0.219. The van der Waals surface area contributed by atoms with Gasteiger partial charge in [0.1, 0.15) is 0 Å². The van der Waals surface area contributed by atoms with Crippen LogP contribution in [-0.2, 0) is 12.8 Å². The molecule has 30 heavy (non-hydrogen) atoms. The maximum absolute atomic E-state index is 11.1. The van der Waals surface area contributed by atoms with Crippen molar-refractivity contribution in [2.45, 2.75) is 111 Å². The predicted octanol–water partition coefficient (Wildman–Crippen LogP) is 7.65. The second-order valence-corrected chi connectivity index (χ2v) is 8.09. The topological polar surface area (TPSA) is 76.0 Å². The van der Waals surface area contributed by atoms with Crippen LogP contribution in [0.4, 0.5) is 4.79 Å². The Morgan fingerprint density at radius 2 is 1.40 bits per heavy atom. The monoisotopic (exact) mass is 422 g/mol. The van der Waals surface area contributed by atoms with E-state index in [2.05, 4.69) is 20.8 Å². The zero-order chi connectivity index (χ0) is 22.2. The Balaban J connectivity index is 3.13. The molecule has 0 heterocycles. The highest BCUT2D eigenvalue weighted by Crippen LogP contribution is 2.43. The number of hydrogen-bond acceptors (Lipinski definition) is 4. The van der Waals surface area contributed by atoms with Gasteiger partial charge in [0.05, 0.1) is 6.61 Å². The molecule has 2 N–H and O–H groups in total. The number of phenols is 1. The quantitative estimate of drug-likeness (QED) is 0.153. The van der Waals surface area contributed by atoms with Crippen LogP contribution < -0.4 is 9.47 Å².